The Balaban J connectivity index is 1.63. The number of hydrogen-bond acceptors (Lipinski definition) is 6. The predicted molar refractivity (Wildman–Crippen MR) is 138 cm³/mol. The molecule has 8 nitrogen and oxygen atoms in total. The minimum Gasteiger partial charge on any atom is -0.508 e. The van der Waals surface area contributed by atoms with Crippen molar-refractivity contribution >= 4 is 17.5 Å². The monoisotopic (exact) mass is 502 g/mol. The first-order valence-electron chi connectivity index (χ1n) is 12.5. The Morgan fingerprint density at radius 1 is 0.973 bits per heavy atom. The van der Waals surface area contributed by atoms with E-state index >= 15 is 0 Å². The minimum atomic E-state index is -1.02. The van der Waals surface area contributed by atoms with Gasteiger partial charge in [0.05, 0.1) is 12.8 Å². The maximum absolute atomic E-state index is 14.3. The molecule has 1 atom stereocenters. The Bertz CT molecular complexity index is 1270. The van der Waals surface area contributed by atoms with Crippen LogP contribution in [-0.4, -0.2) is 43.3 Å². The molecule has 1 aliphatic carbocycles. The molecule has 1 saturated carbocycles. The lowest BCUT2D eigenvalue weighted by Crippen LogP contribution is -2.46. The number of aromatic hydroxyl groups is 1. The highest BCUT2D eigenvalue weighted by molar-refractivity contribution is 6.11. The zero-order valence-electron chi connectivity index (χ0n) is 20.7. The van der Waals surface area contributed by atoms with Crippen LogP contribution in [0.1, 0.15) is 47.6 Å². The van der Waals surface area contributed by atoms with Crippen LogP contribution in [0.5, 0.6) is 23.0 Å². The Morgan fingerprint density at radius 3 is 2.41 bits per heavy atom. The van der Waals surface area contributed by atoms with Crippen LogP contribution in [0.3, 0.4) is 0 Å². The quantitative estimate of drug-likeness (QED) is 0.489. The molecule has 1 fully saturated rings. The third-order valence-corrected chi connectivity index (χ3v) is 6.77. The molecule has 3 aromatic rings. The van der Waals surface area contributed by atoms with Crippen molar-refractivity contribution in [3.8, 4) is 23.0 Å². The summed E-state index contributed by atoms with van der Waals surface area (Å²) in [5.41, 5.74) is 1.35. The number of amides is 2. The van der Waals surface area contributed by atoms with Gasteiger partial charge in [-0.3, -0.25) is 14.5 Å². The molecule has 5 rings (SSSR count). The van der Waals surface area contributed by atoms with E-state index in [4.69, 9.17) is 14.2 Å². The van der Waals surface area contributed by atoms with E-state index in [1.165, 1.54) is 24.1 Å². The van der Waals surface area contributed by atoms with E-state index < -0.39 is 11.9 Å². The molecule has 0 bridgehead atoms. The maximum Gasteiger partial charge on any atom is 0.259 e. The van der Waals surface area contributed by atoms with E-state index in [-0.39, 0.29) is 17.7 Å². The number of para-hydroxylation sites is 2. The van der Waals surface area contributed by atoms with Gasteiger partial charge in [0.25, 0.3) is 5.91 Å². The summed E-state index contributed by atoms with van der Waals surface area (Å²) in [5.74, 6) is 0.872. The molecule has 0 saturated heterocycles. The van der Waals surface area contributed by atoms with Crippen molar-refractivity contribution in [1.29, 1.82) is 0 Å². The van der Waals surface area contributed by atoms with Crippen LogP contribution in [0.15, 0.2) is 66.7 Å². The van der Waals surface area contributed by atoms with Gasteiger partial charge in [0, 0.05) is 11.6 Å². The van der Waals surface area contributed by atoms with Crippen molar-refractivity contribution in [3.63, 3.8) is 0 Å². The Morgan fingerprint density at radius 2 is 1.68 bits per heavy atom. The van der Waals surface area contributed by atoms with Crippen molar-refractivity contribution in [2.45, 2.75) is 37.8 Å². The second-order valence-corrected chi connectivity index (χ2v) is 9.19. The first-order chi connectivity index (χ1) is 18.0. The summed E-state index contributed by atoms with van der Waals surface area (Å²) < 4.78 is 16.9. The molecule has 2 amide bonds. The highest BCUT2D eigenvalue weighted by Gasteiger charge is 2.36. The van der Waals surface area contributed by atoms with Gasteiger partial charge >= 0.3 is 0 Å². The average Bonchev–Trinajstić information content (AvgIpc) is 3.44. The Hall–Kier alpha value is -4.20. The summed E-state index contributed by atoms with van der Waals surface area (Å²) in [6.45, 7) is 0.832. The molecule has 0 unspecified atom stereocenters. The third-order valence-electron chi connectivity index (χ3n) is 6.77. The number of carbonyl (C=O) groups excluding carboxylic acids is 2. The topological polar surface area (TPSA) is 97.3 Å². The molecule has 0 aromatic heterocycles. The van der Waals surface area contributed by atoms with Gasteiger partial charge in [0.15, 0.2) is 11.5 Å². The second-order valence-electron chi connectivity index (χ2n) is 9.19. The highest BCUT2D eigenvalue weighted by Crippen LogP contribution is 2.38. The van der Waals surface area contributed by atoms with Crippen molar-refractivity contribution in [2.24, 2.45) is 0 Å². The number of fused-ring (bicyclic) bond motifs is 1. The molecule has 192 valence electrons. The zero-order valence-corrected chi connectivity index (χ0v) is 20.7. The number of methoxy groups -OCH3 is 1. The summed E-state index contributed by atoms with van der Waals surface area (Å²) >= 11 is 0. The van der Waals surface area contributed by atoms with Gasteiger partial charge in [-0.05, 0) is 60.9 Å². The molecular weight excluding hydrogens is 472 g/mol. The summed E-state index contributed by atoms with van der Waals surface area (Å²) in [7, 11) is 1.53. The number of rotatable bonds is 7. The van der Waals surface area contributed by atoms with E-state index in [0.717, 1.165) is 25.7 Å². The lowest BCUT2D eigenvalue weighted by Gasteiger charge is -2.33. The number of hydrogen-bond donors (Lipinski definition) is 2. The van der Waals surface area contributed by atoms with E-state index in [0.29, 0.717) is 47.3 Å². The molecule has 1 aliphatic heterocycles. The largest absolute Gasteiger partial charge is 0.508 e. The number of anilines is 1. The van der Waals surface area contributed by atoms with E-state index in [2.05, 4.69) is 5.32 Å². The maximum atomic E-state index is 14.3. The Kier molecular flexibility index (Phi) is 7.16. The lowest BCUT2D eigenvalue weighted by molar-refractivity contribution is -0.123. The summed E-state index contributed by atoms with van der Waals surface area (Å²) in [5, 5.41) is 13.1. The fourth-order valence-electron chi connectivity index (χ4n) is 4.93. The molecule has 2 aliphatic rings. The summed E-state index contributed by atoms with van der Waals surface area (Å²) in [4.78, 5) is 29.6. The molecule has 1 heterocycles. The van der Waals surface area contributed by atoms with Gasteiger partial charge in [-0.2, -0.15) is 0 Å². The van der Waals surface area contributed by atoms with Crippen molar-refractivity contribution in [2.75, 3.05) is 25.2 Å². The number of phenolic OH excluding ortho intramolecular Hbond substituents is 1. The number of ether oxygens (including phenoxy) is 3. The van der Waals surface area contributed by atoms with Gasteiger partial charge in [-0.15, -0.1) is 0 Å². The first kappa shape index (κ1) is 24.5. The van der Waals surface area contributed by atoms with E-state index in [1.54, 1.807) is 48.5 Å². The van der Waals surface area contributed by atoms with Crippen LogP contribution < -0.4 is 24.4 Å². The van der Waals surface area contributed by atoms with Crippen LogP contribution in [0.25, 0.3) is 0 Å². The van der Waals surface area contributed by atoms with Crippen molar-refractivity contribution in [1.82, 2.24) is 5.32 Å². The number of benzene rings is 3. The first-order valence-corrected chi connectivity index (χ1v) is 12.5. The molecular formula is C29H30N2O6. The van der Waals surface area contributed by atoms with Gasteiger partial charge < -0.3 is 24.6 Å². The number of phenols is 1. The summed E-state index contributed by atoms with van der Waals surface area (Å²) in [6, 6.07) is 17.5. The van der Waals surface area contributed by atoms with E-state index in [9.17, 15) is 14.7 Å². The number of carbonyl (C=O) groups is 2. The van der Waals surface area contributed by atoms with E-state index in [1.807, 2.05) is 6.07 Å². The van der Waals surface area contributed by atoms with Crippen LogP contribution in [0, 0.1) is 0 Å². The molecule has 37 heavy (non-hydrogen) atoms. The average molecular weight is 503 g/mol. The lowest BCUT2D eigenvalue weighted by atomic mass is 10.0. The molecule has 8 heteroatoms. The van der Waals surface area contributed by atoms with Crippen LogP contribution in [0.4, 0.5) is 5.69 Å². The van der Waals surface area contributed by atoms with Crippen molar-refractivity contribution < 1.29 is 28.9 Å². The van der Waals surface area contributed by atoms with Crippen LogP contribution in [0.2, 0.25) is 0 Å². The van der Waals surface area contributed by atoms with Gasteiger partial charge in [-0.25, -0.2) is 0 Å². The number of nitrogens with one attached hydrogen (secondary N) is 1. The molecule has 0 spiro atoms. The fraction of sp³-hybridized carbons (Fsp3) is 0.310. The number of nitrogens with zero attached hydrogens (tertiary/aromatic N) is 1. The van der Waals surface area contributed by atoms with Gasteiger partial charge in [0.2, 0.25) is 5.91 Å². The fourth-order valence-corrected chi connectivity index (χ4v) is 4.93. The molecule has 3 aromatic carbocycles. The predicted octanol–water partition coefficient (Wildman–Crippen LogP) is 4.62. The highest BCUT2D eigenvalue weighted by atomic mass is 16.6. The minimum absolute atomic E-state index is 0.0519. The van der Waals surface area contributed by atoms with Crippen LogP contribution in [-0.2, 0) is 4.79 Å². The van der Waals surface area contributed by atoms with Gasteiger partial charge in [0.1, 0.15) is 30.8 Å². The van der Waals surface area contributed by atoms with Crippen molar-refractivity contribution in [3.05, 3.63) is 77.9 Å². The van der Waals surface area contributed by atoms with Crippen LogP contribution >= 0.6 is 0 Å². The smallest absolute Gasteiger partial charge is 0.259 e. The normalized spacial score (nSPS) is 15.6. The standard InChI is InChI=1S/C29H30N2O6/c1-35-24-9-5-4-8-23(24)31(29(34)20-12-15-25-26(18-20)37-17-16-36-25)27(19-10-13-22(32)14-11-19)28(33)30-21-6-2-3-7-21/h4-5,8-15,18,21,27,32H,2-3,6-7,16-17H2,1H3,(H,30,33)/t27-/m0/s1. The second kappa shape index (κ2) is 10.8. The summed E-state index contributed by atoms with van der Waals surface area (Å²) in [6.07, 6.45) is 3.92. The third kappa shape index (κ3) is 5.18. The SMILES string of the molecule is COc1ccccc1N(C(=O)c1ccc2c(c1)OCCO2)[C@H](C(=O)NC1CCCC1)c1ccc(O)cc1. The molecule has 0 radical (unpaired) electrons. The molecule has 2 N–H and O–H groups in total. The zero-order chi connectivity index (χ0) is 25.8. The Labute approximate surface area is 215 Å². The van der Waals surface area contributed by atoms with Gasteiger partial charge in [-0.1, -0.05) is 37.1 Å².